The van der Waals surface area contributed by atoms with Gasteiger partial charge in [-0.2, -0.15) is 0 Å². The van der Waals surface area contributed by atoms with Crippen molar-refractivity contribution in [3.8, 4) is 5.75 Å². The Morgan fingerprint density at radius 2 is 1.93 bits per heavy atom. The van der Waals surface area contributed by atoms with Crippen LogP contribution in [0, 0.1) is 0 Å². The Morgan fingerprint density at radius 3 is 2.57 bits per heavy atom. The fourth-order valence-electron chi connectivity index (χ4n) is 3.05. The van der Waals surface area contributed by atoms with Gasteiger partial charge >= 0.3 is 6.36 Å². The van der Waals surface area contributed by atoms with Crippen LogP contribution in [-0.2, 0) is 6.54 Å². The van der Waals surface area contributed by atoms with Crippen LogP contribution in [0.15, 0.2) is 48.5 Å². The second-order valence-electron chi connectivity index (χ2n) is 6.35. The summed E-state index contributed by atoms with van der Waals surface area (Å²) >= 11 is 0. The van der Waals surface area contributed by atoms with Crippen molar-refractivity contribution in [1.29, 1.82) is 0 Å². The number of nitrogens with one attached hydrogen (secondary N) is 1. The van der Waals surface area contributed by atoms with E-state index in [9.17, 15) is 18.0 Å². The number of nitrogens with zero attached hydrogens (tertiary/aromatic N) is 1. The van der Waals surface area contributed by atoms with Gasteiger partial charge in [-0.1, -0.05) is 18.2 Å². The Balaban J connectivity index is 0.00000280. The van der Waals surface area contributed by atoms with Gasteiger partial charge in [0.2, 0.25) is 0 Å². The van der Waals surface area contributed by atoms with Crippen LogP contribution in [0.2, 0.25) is 0 Å². The molecule has 3 rings (SSSR count). The normalized spacial score (nSPS) is 16.4. The third kappa shape index (κ3) is 5.77. The molecule has 0 spiro atoms. The molecule has 1 fully saturated rings. The fourth-order valence-corrected chi connectivity index (χ4v) is 3.05. The summed E-state index contributed by atoms with van der Waals surface area (Å²) in [7, 11) is 0. The zero-order valence-electron chi connectivity index (χ0n) is 14.9. The summed E-state index contributed by atoms with van der Waals surface area (Å²) in [6, 6.07) is 12.8. The molecule has 1 aliphatic heterocycles. The molecule has 1 unspecified atom stereocenters. The minimum atomic E-state index is -4.72. The average molecular weight is 416 g/mol. The van der Waals surface area contributed by atoms with Crippen LogP contribution in [0.1, 0.15) is 22.3 Å². The Labute approximate surface area is 167 Å². The van der Waals surface area contributed by atoms with E-state index in [1.54, 1.807) is 18.2 Å². The second-order valence-corrected chi connectivity index (χ2v) is 6.35. The number of halogens is 4. The molecule has 152 valence electrons. The number of amides is 1. The monoisotopic (exact) mass is 415 g/mol. The molecule has 0 aliphatic carbocycles. The Morgan fingerprint density at radius 1 is 1.21 bits per heavy atom. The highest BCUT2D eigenvalue weighted by atomic mass is 35.5. The number of ether oxygens (including phenoxy) is 1. The average Bonchev–Trinajstić information content (AvgIpc) is 3.09. The number of alkyl halides is 3. The van der Waals surface area contributed by atoms with E-state index in [0.717, 1.165) is 5.56 Å². The molecule has 0 saturated carbocycles. The van der Waals surface area contributed by atoms with Crippen molar-refractivity contribution < 1.29 is 22.7 Å². The van der Waals surface area contributed by atoms with Crippen molar-refractivity contribution in [2.75, 3.05) is 18.0 Å². The molecular formula is C19H21ClF3N3O2. The molecule has 0 aromatic heterocycles. The molecular weight excluding hydrogens is 395 g/mol. The number of anilines is 1. The van der Waals surface area contributed by atoms with Crippen LogP contribution < -0.4 is 20.7 Å². The van der Waals surface area contributed by atoms with Crippen molar-refractivity contribution >= 4 is 24.0 Å². The minimum absolute atomic E-state index is 0. The zero-order valence-corrected chi connectivity index (χ0v) is 15.7. The summed E-state index contributed by atoms with van der Waals surface area (Å²) < 4.78 is 41.1. The maximum atomic E-state index is 12.4. The van der Waals surface area contributed by atoms with Crippen molar-refractivity contribution in [1.82, 2.24) is 5.32 Å². The SMILES string of the molecule is Cl.NCc1ccc(C(=O)NC2CCN(c3cccc(OC(F)(F)F)c3)C2)cc1. The van der Waals surface area contributed by atoms with Gasteiger partial charge in [-0.25, -0.2) is 0 Å². The van der Waals surface area contributed by atoms with Gasteiger partial charge in [-0.05, 0) is 36.2 Å². The standard InChI is InChI=1S/C19H20F3N3O2.ClH/c20-19(21,22)27-17-3-1-2-16(10-17)25-9-8-15(12-25)24-18(26)14-6-4-13(11-23)5-7-14;/h1-7,10,15H,8-9,11-12,23H2,(H,24,26);1H. The molecule has 1 amide bonds. The third-order valence-electron chi connectivity index (χ3n) is 4.39. The van der Waals surface area contributed by atoms with Crippen molar-refractivity contribution in [3.05, 3.63) is 59.7 Å². The molecule has 2 aromatic carbocycles. The fraction of sp³-hybridized carbons (Fsp3) is 0.316. The summed E-state index contributed by atoms with van der Waals surface area (Å²) in [6.45, 7) is 1.56. The molecule has 1 heterocycles. The molecule has 3 N–H and O–H groups in total. The van der Waals surface area contributed by atoms with E-state index in [-0.39, 0.29) is 30.1 Å². The zero-order chi connectivity index (χ0) is 19.4. The van der Waals surface area contributed by atoms with Crippen LogP contribution >= 0.6 is 12.4 Å². The minimum Gasteiger partial charge on any atom is -0.406 e. The first-order valence-electron chi connectivity index (χ1n) is 8.55. The number of benzene rings is 2. The van der Waals surface area contributed by atoms with E-state index in [1.807, 2.05) is 17.0 Å². The lowest BCUT2D eigenvalue weighted by molar-refractivity contribution is -0.274. The van der Waals surface area contributed by atoms with Gasteiger partial charge in [-0.3, -0.25) is 4.79 Å². The van der Waals surface area contributed by atoms with Gasteiger partial charge in [0.1, 0.15) is 5.75 Å². The Bertz CT molecular complexity index is 800. The summed E-state index contributed by atoms with van der Waals surface area (Å²) in [6.07, 6.45) is -4.02. The van der Waals surface area contributed by atoms with Crippen LogP contribution in [0.5, 0.6) is 5.75 Å². The molecule has 1 saturated heterocycles. The molecule has 9 heteroatoms. The van der Waals surface area contributed by atoms with E-state index in [2.05, 4.69) is 10.1 Å². The van der Waals surface area contributed by atoms with E-state index in [4.69, 9.17) is 5.73 Å². The van der Waals surface area contributed by atoms with Crippen LogP contribution in [-0.4, -0.2) is 31.4 Å². The number of carbonyl (C=O) groups is 1. The van der Waals surface area contributed by atoms with E-state index in [0.29, 0.717) is 37.3 Å². The van der Waals surface area contributed by atoms with Crippen molar-refractivity contribution in [3.63, 3.8) is 0 Å². The maximum absolute atomic E-state index is 12.4. The molecule has 2 aromatic rings. The third-order valence-corrected chi connectivity index (χ3v) is 4.39. The van der Waals surface area contributed by atoms with Gasteiger partial charge in [0, 0.05) is 43.0 Å². The van der Waals surface area contributed by atoms with Gasteiger partial charge in [0.15, 0.2) is 0 Å². The second kappa shape index (κ2) is 9.16. The summed E-state index contributed by atoms with van der Waals surface area (Å²) in [5.41, 5.74) is 7.66. The highest BCUT2D eigenvalue weighted by Crippen LogP contribution is 2.28. The molecule has 1 aliphatic rings. The van der Waals surface area contributed by atoms with Gasteiger partial charge in [0.05, 0.1) is 0 Å². The maximum Gasteiger partial charge on any atom is 0.573 e. The predicted molar refractivity (Wildman–Crippen MR) is 103 cm³/mol. The first kappa shape index (κ1) is 21.8. The number of rotatable bonds is 5. The lowest BCUT2D eigenvalue weighted by Gasteiger charge is -2.20. The van der Waals surface area contributed by atoms with E-state index in [1.165, 1.54) is 18.2 Å². The molecule has 0 radical (unpaired) electrons. The first-order chi connectivity index (χ1) is 12.8. The van der Waals surface area contributed by atoms with Crippen LogP contribution in [0.4, 0.5) is 18.9 Å². The predicted octanol–water partition coefficient (Wildman–Crippen LogP) is 3.47. The van der Waals surface area contributed by atoms with Crippen LogP contribution in [0.25, 0.3) is 0 Å². The van der Waals surface area contributed by atoms with Gasteiger partial charge in [-0.15, -0.1) is 25.6 Å². The molecule has 0 bridgehead atoms. The number of hydrogen-bond donors (Lipinski definition) is 2. The van der Waals surface area contributed by atoms with E-state index >= 15 is 0 Å². The lowest BCUT2D eigenvalue weighted by Crippen LogP contribution is -2.37. The smallest absolute Gasteiger partial charge is 0.406 e. The molecule has 1 atom stereocenters. The molecule has 5 nitrogen and oxygen atoms in total. The highest BCUT2D eigenvalue weighted by molar-refractivity contribution is 5.94. The van der Waals surface area contributed by atoms with Gasteiger partial charge in [0.25, 0.3) is 5.91 Å². The summed E-state index contributed by atoms with van der Waals surface area (Å²) in [4.78, 5) is 14.3. The number of carbonyl (C=O) groups excluding carboxylic acids is 1. The lowest BCUT2D eigenvalue weighted by atomic mass is 10.1. The van der Waals surface area contributed by atoms with Crippen molar-refractivity contribution in [2.45, 2.75) is 25.4 Å². The van der Waals surface area contributed by atoms with Crippen molar-refractivity contribution in [2.24, 2.45) is 5.73 Å². The summed E-state index contributed by atoms with van der Waals surface area (Å²) in [5.74, 6) is -0.438. The number of nitrogens with two attached hydrogens (primary N) is 1. The number of hydrogen-bond acceptors (Lipinski definition) is 4. The first-order valence-corrected chi connectivity index (χ1v) is 8.55. The topological polar surface area (TPSA) is 67.6 Å². The Hall–Kier alpha value is -2.45. The highest BCUT2D eigenvalue weighted by Gasteiger charge is 2.31. The molecule has 28 heavy (non-hydrogen) atoms. The quantitative estimate of drug-likeness (QED) is 0.784. The van der Waals surface area contributed by atoms with Gasteiger partial charge < -0.3 is 20.7 Å². The largest absolute Gasteiger partial charge is 0.573 e. The Kier molecular flexibility index (Phi) is 7.15. The van der Waals surface area contributed by atoms with E-state index < -0.39 is 6.36 Å². The van der Waals surface area contributed by atoms with Crippen LogP contribution in [0.3, 0.4) is 0 Å². The summed E-state index contributed by atoms with van der Waals surface area (Å²) in [5, 5.41) is 2.96.